The molecule has 1 N–H and O–H groups in total. The standard InChI is InChI=1S/C14H17Br2NO/c1-3-4-5-6-7-17-10-11-8-12(15)14(18-2)13(16)9-11/h1,8-9,17H,4-7,10H2,2H3. The van der Waals surface area contributed by atoms with E-state index in [4.69, 9.17) is 11.2 Å². The molecular weight excluding hydrogens is 358 g/mol. The van der Waals surface area contributed by atoms with Gasteiger partial charge in [0.15, 0.2) is 0 Å². The van der Waals surface area contributed by atoms with Gasteiger partial charge in [-0.3, -0.25) is 0 Å². The summed E-state index contributed by atoms with van der Waals surface area (Å²) in [5, 5.41) is 3.40. The number of unbranched alkanes of at least 4 members (excludes halogenated alkanes) is 2. The first-order valence-electron chi connectivity index (χ1n) is 5.85. The highest BCUT2D eigenvalue weighted by atomic mass is 79.9. The van der Waals surface area contributed by atoms with Gasteiger partial charge in [0.1, 0.15) is 5.75 Å². The quantitative estimate of drug-likeness (QED) is 0.572. The van der Waals surface area contributed by atoms with Crippen molar-refractivity contribution in [3.05, 3.63) is 26.6 Å². The number of rotatable bonds is 7. The summed E-state index contributed by atoms with van der Waals surface area (Å²) in [6.45, 7) is 1.83. The van der Waals surface area contributed by atoms with Gasteiger partial charge in [-0.2, -0.15) is 0 Å². The molecule has 0 atom stereocenters. The maximum Gasteiger partial charge on any atom is 0.147 e. The van der Waals surface area contributed by atoms with Gasteiger partial charge in [0.05, 0.1) is 16.1 Å². The van der Waals surface area contributed by atoms with Gasteiger partial charge in [-0.1, -0.05) is 0 Å². The molecule has 0 saturated carbocycles. The predicted octanol–water partition coefficient (Wildman–Crippen LogP) is 4.11. The summed E-state index contributed by atoms with van der Waals surface area (Å²) >= 11 is 6.99. The van der Waals surface area contributed by atoms with Gasteiger partial charge in [-0.05, 0) is 68.9 Å². The van der Waals surface area contributed by atoms with Crippen LogP contribution in [-0.2, 0) is 6.54 Å². The molecular formula is C14H17Br2NO. The fraction of sp³-hybridized carbons (Fsp3) is 0.429. The molecule has 18 heavy (non-hydrogen) atoms. The monoisotopic (exact) mass is 373 g/mol. The maximum absolute atomic E-state index is 5.27. The maximum atomic E-state index is 5.27. The van der Waals surface area contributed by atoms with Crippen molar-refractivity contribution in [2.45, 2.75) is 25.8 Å². The van der Waals surface area contributed by atoms with E-state index in [2.05, 4.69) is 55.2 Å². The second kappa shape index (κ2) is 8.58. The molecule has 1 aromatic rings. The van der Waals surface area contributed by atoms with Crippen molar-refractivity contribution in [3.8, 4) is 18.1 Å². The number of hydrogen-bond acceptors (Lipinski definition) is 2. The number of hydrogen-bond donors (Lipinski definition) is 1. The molecule has 0 heterocycles. The summed E-state index contributed by atoms with van der Waals surface area (Å²) in [5.74, 6) is 3.48. The second-order valence-electron chi connectivity index (χ2n) is 3.93. The van der Waals surface area contributed by atoms with E-state index in [1.54, 1.807) is 7.11 Å². The van der Waals surface area contributed by atoms with E-state index >= 15 is 0 Å². The molecule has 0 aliphatic carbocycles. The van der Waals surface area contributed by atoms with Crippen molar-refractivity contribution < 1.29 is 4.74 Å². The third kappa shape index (κ3) is 5.01. The number of benzene rings is 1. The van der Waals surface area contributed by atoms with E-state index < -0.39 is 0 Å². The predicted molar refractivity (Wildman–Crippen MR) is 82.8 cm³/mol. The van der Waals surface area contributed by atoms with Crippen LogP contribution in [0.15, 0.2) is 21.1 Å². The first kappa shape index (κ1) is 15.6. The first-order chi connectivity index (χ1) is 8.69. The van der Waals surface area contributed by atoms with Crippen LogP contribution < -0.4 is 10.1 Å². The van der Waals surface area contributed by atoms with Gasteiger partial charge in [-0.15, -0.1) is 12.3 Å². The molecule has 98 valence electrons. The van der Waals surface area contributed by atoms with Gasteiger partial charge in [0, 0.05) is 13.0 Å². The van der Waals surface area contributed by atoms with Crippen LogP contribution >= 0.6 is 31.9 Å². The van der Waals surface area contributed by atoms with Crippen LogP contribution in [0, 0.1) is 12.3 Å². The first-order valence-corrected chi connectivity index (χ1v) is 7.43. The SMILES string of the molecule is C#CCCCCNCc1cc(Br)c(OC)c(Br)c1. The van der Waals surface area contributed by atoms with E-state index in [1.165, 1.54) is 5.56 Å². The Labute approximate surface area is 126 Å². The van der Waals surface area contributed by atoms with Crippen LogP contribution in [0.3, 0.4) is 0 Å². The highest BCUT2D eigenvalue weighted by Crippen LogP contribution is 2.34. The lowest BCUT2D eigenvalue weighted by Crippen LogP contribution is -2.14. The summed E-state index contributed by atoms with van der Waals surface area (Å²) in [6.07, 6.45) is 8.26. The lowest BCUT2D eigenvalue weighted by Gasteiger charge is -2.10. The van der Waals surface area contributed by atoms with Crippen LogP contribution in [0.5, 0.6) is 5.75 Å². The molecule has 4 heteroatoms. The van der Waals surface area contributed by atoms with Crippen LogP contribution in [0.4, 0.5) is 0 Å². The molecule has 0 aromatic heterocycles. The van der Waals surface area contributed by atoms with Crippen LogP contribution in [0.2, 0.25) is 0 Å². The summed E-state index contributed by atoms with van der Waals surface area (Å²) in [6, 6.07) is 4.13. The van der Waals surface area contributed by atoms with E-state index in [0.717, 1.165) is 47.0 Å². The van der Waals surface area contributed by atoms with Crippen molar-refractivity contribution in [1.29, 1.82) is 0 Å². The number of nitrogens with one attached hydrogen (secondary N) is 1. The average Bonchev–Trinajstić information content (AvgIpc) is 2.33. The van der Waals surface area contributed by atoms with Crippen molar-refractivity contribution in [2.75, 3.05) is 13.7 Å². The molecule has 0 amide bonds. The fourth-order valence-corrected chi connectivity index (χ4v) is 3.22. The highest BCUT2D eigenvalue weighted by Gasteiger charge is 2.07. The summed E-state index contributed by atoms with van der Waals surface area (Å²) in [5.41, 5.74) is 1.21. The van der Waals surface area contributed by atoms with Gasteiger partial charge in [0.2, 0.25) is 0 Å². The topological polar surface area (TPSA) is 21.3 Å². The smallest absolute Gasteiger partial charge is 0.147 e. The van der Waals surface area contributed by atoms with Gasteiger partial charge >= 0.3 is 0 Å². The number of methoxy groups -OCH3 is 1. The molecule has 0 bridgehead atoms. The number of terminal acetylenes is 1. The molecule has 0 spiro atoms. The van der Waals surface area contributed by atoms with Crippen molar-refractivity contribution in [3.63, 3.8) is 0 Å². The minimum Gasteiger partial charge on any atom is -0.494 e. The van der Waals surface area contributed by atoms with Gasteiger partial charge in [-0.25, -0.2) is 0 Å². The summed E-state index contributed by atoms with van der Waals surface area (Å²) < 4.78 is 7.19. The molecule has 2 nitrogen and oxygen atoms in total. The Morgan fingerprint density at radius 2 is 1.94 bits per heavy atom. The van der Waals surface area contributed by atoms with E-state index in [9.17, 15) is 0 Å². The zero-order valence-electron chi connectivity index (χ0n) is 10.4. The Hall–Kier alpha value is -0.500. The van der Waals surface area contributed by atoms with Crippen molar-refractivity contribution in [2.24, 2.45) is 0 Å². The van der Waals surface area contributed by atoms with Crippen molar-refractivity contribution in [1.82, 2.24) is 5.32 Å². The minimum absolute atomic E-state index is 0.827. The third-order valence-corrected chi connectivity index (χ3v) is 3.69. The lowest BCUT2D eigenvalue weighted by molar-refractivity contribution is 0.409. The van der Waals surface area contributed by atoms with Crippen LogP contribution in [0.25, 0.3) is 0 Å². The minimum atomic E-state index is 0.827. The molecule has 0 radical (unpaired) electrons. The Balaban J connectivity index is 2.42. The normalized spacial score (nSPS) is 10.1. The Morgan fingerprint density at radius 1 is 1.28 bits per heavy atom. The fourth-order valence-electron chi connectivity index (χ4n) is 1.62. The lowest BCUT2D eigenvalue weighted by atomic mass is 10.2. The summed E-state index contributed by atoms with van der Waals surface area (Å²) in [4.78, 5) is 0. The molecule has 0 unspecified atom stereocenters. The van der Waals surface area contributed by atoms with Gasteiger partial charge < -0.3 is 10.1 Å². The van der Waals surface area contributed by atoms with Crippen LogP contribution in [0.1, 0.15) is 24.8 Å². The molecule has 0 fully saturated rings. The molecule has 1 aromatic carbocycles. The number of ether oxygens (including phenoxy) is 1. The Morgan fingerprint density at radius 3 is 2.50 bits per heavy atom. The molecule has 1 rings (SSSR count). The van der Waals surface area contributed by atoms with Gasteiger partial charge in [0.25, 0.3) is 0 Å². The summed E-state index contributed by atoms with van der Waals surface area (Å²) in [7, 11) is 1.66. The largest absolute Gasteiger partial charge is 0.494 e. The zero-order valence-corrected chi connectivity index (χ0v) is 13.6. The highest BCUT2D eigenvalue weighted by molar-refractivity contribution is 9.11. The Kier molecular flexibility index (Phi) is 7.41. The Bertz CT molecular complexity index is 403. The number of halogens is 2. The van der Waals surface area contributed by atoms with E-state index in [0.29, 0.717) is 0 Å². The molecule has 0 saturated heterocycles. The molecule has 0 aliphatic rings. The van der Waals surface area contributed by atoms with Crippen molar-refractivity contribution >= 4 is 31.9 Å². The zero-order chi connectivity index (χ0) is 13.4. The second-order valence-corrected chi connectivity index (χ2v) is 5.64. The average molecular weight is 375 g/mol. The van der Waals surface area contributed by atoms with Crippen LogP contribution in [-0.4, -0.2) is 13.7 Å². The molecule has 0 aliphatic heterocycles. The van der Waals surface area contributed by atoms with E-state index in [-0.39, 0.29) is 0 Å². The third-order valence-electron chi connectivity index (χ3n) is 2.52. The van der Waals surface area contributed by atoms with E-state index in [1.807, 2.05) is 0 Å².